The highest BCUT2D eigenvalue weighted by atomic mass is 16.2. The summed E-state index contributed by atoms with van der Waals surface area (Å²) in [5, 5.41) is 0. The molecule has 1 amide bonds. The van der Waals surface area contributed by atoms with Crippen LogP contribution in [-0.4, -0.2) is 47.0 Å². The fourth-order valence-corrected chi connectivity index (χ4v) is 3.73. The third kappa shape index (κ3) is 4.35. The molecule has 1 saturated heterocycles. The Morgan fingerprint density at radius 2 is 1.57 bits per heavy atom. The molecule has 0 atom stereocenters. The van der Waals surface area contributed by atoms with Gasteiger partial charge in [0.1, 0.15) is 12.1 Å². The van der Waals surface area contributed by atoms with Crippen LogP contribution in [0.5, 0.6) is 0 Å². The minimum absolute atomic E-state index is 0.105. The predicted octanol–water partition coefficient (Wildman–Crippen LogP) is 4.54. The molecule has 5 nitrogen and oxygen atoms in total. The van der Waals surface area contributed by atoms with E-state index in [1.54, 1.807) is 6.33 Å². The number of carbonyl (C=O) groups is 1. The standard InChI is InChI=1S/C25H28N4O/c1-18(2)20-8-10-22(11-9-20)25(30)29-14-12-28(13-15-29)24-16-23(26-17-27-24)21-6-4-19(3)5-7-21/h4-11,16-18H,12-15H2,1-3H3. The zero-order chi connectivity index (χ0) is 21.1. The summed E-state index contributed by atoms with van der Waals surface area (Å²) >= 11 is 0. The number of hydrogen-bond donors (Lipinski definition) is 0. The molecule has 0 N–H and O–H groups in total. The number of aryl methyl sites for hydroxylation is 1. The van der Waals surface area contributed by atoms with Gasteiger partial charge in [0.05, 0.1) is 5.69 Å². The normalized spacial score (nSPS) is 14.3. The lowest BCUT2D eigenvalue weighted by molar-refractivity contribution is 0.0746. The summed E-state index contributed by atoms with van der Waals surface area (Å²) in [6.45, 7) is 9.30. The average Bonchev–Trinajstić information content (AvgIpc) is 2.79. The summed E-state index contributed by atoms with van der Waals surface area (Å²) in [5.74, 6) is 1.48. The summed E-state index contributed by atoms with van der Waals surface area (Å²) in [6, 6.07) is 18.4. The summed E-state index contributed by atoms with van der Waals surface area (Å²) in [6.07, 6.45) is 1.62. The molecule has 2 aromatic carbocycles. The van der Waals surface area contributed by atoms with E-state index in [-0.39, 0.29) is 5.91 Å². The SMILES string of the molecule is Cc1ccc(-c2cc(N3CCN(C(=O)c4ccc(C(C)C)cc4)CC3)ncn2)cc1. The Balaban J connectivity index is 1.41. The van der Waals surface area contributed by atoms with Gasteiger partial charge in [-0.05, 0) is 30.5 Å². The second kappa shape index (κ2) is 8.66. The first-order valence-corrected chi connectivity index (χ1v) is 10.5. The van der Waals surface area contributed by atoms with E-state index in [2.05, 4.69) is 72.0 Å². The number of aromatic nitrogens is 2. The van der Waals surface area contributed by atoms with E-state index in [0.29, 0.717) is 19.0 Å². The minimum Gasteiger partial charge on any atom is -0.353 e. The Morgan fingerprint density at radius 1 is 0.900 bits per heavy atom. The van der Waals surface area contributed by atoms with E-state index in [4.69, 9.17) is 0 Å². The van der Waals surface area contributed by atoms with Crippen molar-refractivity contribution in [2.24, 2.45) is 0 Å². The Hall–Kier alpha value is -3.21. The quantitative estimate of drug-likeness (QED) is 0.645. The lowest BCUT2D eigenvalue weighted by atomic mass is 10.0. The van der Waals surface area contributed by atoms with Crippen molar-refractivity contribution in [2.75, 3.05) is 31.1 Å². The second-order valence-corrected chi connectivity index (χ2v) is 8.18. The summed E-state index contributed by atoms with van der Waals surface area (Å²) < 4.78 is 0. The van der Waals surface area contributed by atoms with Crippen molar-refractivity contribution >= 4 is 11.7 Å². The van der Waals surface area contributed by atoms with Crippen LogP contribution in [0.3, 0.4) is 0 Å². The first-order valence-electron chi connectivity index (χ1n) is 10.5. The number of amides is 1. The van der Waals surface area contributed by atoms with Gasteiger partial charge in [0, 0.05) is 43.4 Å². The van der Waals surface area contributed by atoms with E-state index >= 15 is 0 Å². The zero-order valence-electron chi connectivity index (χ0n) is 17.9. The average molecular weight is 401 g/mol. The van der Waals surface area contributed by atoms with Gasteiger partial charge >= 0.3 is 0 Å². The maximum absolute atomic E-state index is 12.9. The molecule has 1 aliphatic heterocycles. The molecule has 5 heteroatoms. The molecule has 3 aromatic rings. The largest absolute Gasteiger partial charge is 0.353 e. The number of carbonyl (C=O) groups excluding carboxylic acids is 1. The lowest BCUT2D eigenvalue weighted by Crippen LogP contribution is -2.49. The molecular formula is C25H28N4O. The van der Waals surface area contributed by atoms with Crippen molar-refractivity contribution in [3.05, 3.63) is 77.6 Å². The van der Waals surface area contributed by atoms with Crippen LogP contribution < -0.4 is 4.90 Å². The van der Waals surface area contributed by atoms with Crippen LogP contribution in [0.2, 0.25) is 0 Å². The van der Waals surface area contributed by atoms with Crippen LogP contribution in [0.15, 0.2) is 60.9 Å². The highest BCUT2D eigenvalue weighted by Crippen LogP contribution is 2.22. The van der Waals surface area contributed by atoms with Crippen LogP contribution in [0.4, 0.5) is 5.82 Å². The van der Waals surface area contributed by atoms with Gasteiger partial charge in [-0.25, -0.2) is 9.97 Å². The van der Waals surface area contributed by atoms with Gasteiger partial charge < -0.3 is 9.80 Å². The van der Waals surface area contributed by atoms with Gasteiger partial charge in [0.15, 0.2) is 0 Å². The van der Waals surface area contributed by atoms with Crippen LogP contribution >= 0.6 is 0 Å². The maximum Gasteiger partial charge on any atom is 0.253 e. The van der Waals surface area contributed by atoms with Gasteiger partial charge in [-0.1, -0.05) is 55.8 Å². The summed E-state index contributed by atoms with van der Waals surface area (Å²) in [4.78, 5) is 25.9. The molecule has 0 spiro atoms. The molecule has 30 heavy (non-hydrogen) atoms. The van der Waals surface area contributed by atoms with E-state index in [1.807, 2.05) is 23.1 Å². The van der Waals surface area contributed by atoms with E-state index in [9.17, 15) is 4.79 Å². The number of benzene rings is 2. The van der Waals surface area contributed by atoms with Crippen molar-refractivity contribution in [3.63, 3.8) is 0 Å². The van der Waals surface area contributed by atoms with Crippen LogP contribution in [0, 0.1) is 6.92 Å². The maximum atomic E-state index is 12.9. The van der Waals surface area contributed by atoms with Crippen molar-refractivity contribution in [3.8, 4) is 11.3 Å². The van der Waals surface area contributed by atoms with E-state index in [1.165, 1.54) is 11.1 Å². The highest BCUT2D eigenvalue weighted by molar-refractivity contribution is 5.94. The second-order valence-electron chi connectivity index (χ2n) is 8.18. The number of piperazine rings is 1. The zero-order valence-corrected chi connectivity index (χ0v) is 17.9. The monoisotopic (exact) mass is 400 g/mol. The minimum atomic E-state index is 0.105. The predicted molar refractivity (Wildman–Crippen MR) is 121 cm³/mol. The van der Waals surface area contributed by atoms with Gasteiger partial charge in [-0.15, -0.1) is 0 Å². The van der Waals surface area contributed by atoms with Gasteiger partial charge in [0.2, 0.25) is 0 Å². The van der Waals surface area contributed by atoms with Gasteiger partial charge in [0.25, 0.3) is 5.91 Å². The summed E-state index contributed by atoms with van der Waals surface area (Å²) in [7, 11) is 0. The Bertz CT molecular complexity index is 1000. The number of anilines is 1. The van der Waals surface area contributed by atoms with Crippen molar-refractivity contribution < 1.29 is 4.79 Å². The topological polar surface area (TPSA) is 49.3 Å². The molecule has 0 aliphatic carbocycles. The molecule has 154 valence electrons. The third-order valence-electron chi connectivity index (χ3n) is 5.72. The molecule has 0 radical (unpaired) electrons. The van der Waals surface area contributed by atoms with Gasteiger partial charge in [-0.3, -0.25) is 4.79 Å². The lowest BCUT2D eigenvalue weighted by Gasteiger charge is -2.35. The number of nitrogens with zero attached hydrogens (tertiary/aromatic N) is 4. The Kier molecular flexibility index (Phi) is 5.79. The molecular weight excluding hydrogens is 372 g/mol. The van der Waals surface area contributed by atoms with Crippen molar-refractivity contribution in [1.82, 2.24) is 14.9 Å². The van der Waals surface area contributed by atoms with Crippen LogP contribution in [-0.2, 0) is 0 Å². The molecule has 0 bridgehead atoms. The molecule has 4 rings (SSSR count). The molecule has 0 unspecified atom stereocenters. The molecule has 1 aliphatic rings. The Labute approximate surface area is 178 Å². The fourth-order valence-electron chi connectivity index (χ4n) is 3.73. The van der Waals surface area contributed by atoms with Crippen LogP contribution in [0.25, 0.3) is 11.3 Å². The van der Waals surface area contributed by atoms with E-state index in [0.717, 1.165) is 35.7 Å². The highest BCUT2D eigenvalue weighted by Gasteiger charge is 2.23. The molecule has 0 saturated carbocycles. The number of rotatable bonds is 4. The molecule has 1 fully saturated rings. The Morgan fingerprint density at radius 3 is 2.20 bits per heavy atom. The van der Waals surface area contributed by atoms with Gasteiger partial charge in [-0.2, -0.15) is 0 Å². The van der Waals surface area contributed by atoms with Crippen LogP contribution in [0.1, 0.15) is 41.3 Å². The molecule has 2 heterocycles. The third-order valence-corrected chi connectivity index (χ3v) is 5.72. The summed E-state index contributed by atoms with van der Waals surface area (Å²) in [5.41, 5.74) is 5.25. The first kappa shape index (κ1) is 20.1. The molecule has 1 aromatic heterocycles. The van der Waals surface area contributed by atoms with Crippen molar-refractivity contribution in [2.45, 2.75) is 26.7 Å². The van der Waals surface area contributed by atoms with Crippen molar-refractivity contribution in [1.29, 1.82) is 0 Å². The smallest absolute Gasteiger partial charge is 0.253 e. The number of hydrogen-bond acceptors (Lipinski definition) is 4. The van der Waals surface area contributed by atoms with E-state index < -0.39 is 0 Å². The first-order chi connectivity index (χ1) is 14.5. The fraction of sp³-hybridized carbons (Fsp3) is 0.320.